The predicted molar refractivity (Wildman–Crippen MR) is 75.4 cm³/mol. The van der Waals surface area contributed by atoms with E-state index in [0.29, 0.717) is 5.17 Å². The lowest BCUT2D eigenvalue weighted by Gasteiger charge is -2.17. The fourth-order valence-corrected chi connectivity index (χ4v) is 3.84. The van der Waals surface area contributed by atoms with Gasteiger partial charge in [-0.25, -0.2) is 0 Å². The highest BCUT2D eigenvalue weighted by Crippen LogP contribution is 2.18. The first-order valence-corrected chi connectivity index (χ1v) is 8.49. The molecule has 1 aromatic rings. The molecule has 6 heteroatoms. The molecule has 1 aliphatic heterocycles. The van der Waals surface area contributed by atoms with Crippen LogP contribution in [0.15, 0.2) is 39.6 Å². The van der Waals surface area contributed by atoms with Crippen molar-refractivity contribution in [2.45, 2.75) is 17.7 Å². The molecule has 4 nitrogen and oxygen atoms in total. The Morgan fingerprint density at radius 3 is 2.39 bits per heavy atom. The van der Waals surface area contributed by atoms with E-state index in [2.05, 4.69) is 4.40 Å². The molecule has 0 aromatic heterocycles. The molecule has 1 aliphatic rings. The summed E-state index contributed by atoms with van der Waals surface area (Å²) in [5.41, 5.74) is 0. The highest BCUT2D eigenvalue weighted by atomic mass is 32.2. The minimum Gasteiger partial charge on any atom is -0.351 e. The number of hydrogen-bond acceptors (Lipinski definition) is 3. The lowest BCUT2D eigenvalue weighted by Crippen LogP contribution is -2.26. The first-order valence-electron chi connectivity index (χ1n) is 5.82. The molecular formula is C12H16N2O2S2. The van der Waals surface area contributed by atoms with E-state index in [-0.39, 0.29) is 4.90 Å². The molecule has 0 unspecified atom stereocenters. The lowest BCUT2D eigenvalue weighted by molar-refractivity contribution is 0.529. The maximum atomic E-state index is 12.1. The van der Waals surface area contributed by atoms with Crippen LogP contribution in [-0.2, 0) is 10.0 Å². The van der Waals surface area contributed by atoms with Crippen LogP contribution >= 0.6 is 11.8 Å². The highest BCUT2D eigenvalue weighted by molar-refractivity contribution is 8.13. The molecule has 0 atom stereocenters. The first kappa shape index (κ1) is 13.4. The fourth-order valence-electron chi connectivity index (χ4n) is 1.88. The molecule has 2 rings (SSSR count). The molecule has 0 bridgehead atoms. The van der Waals surface area contributed by atoms with Crippen LogP contribution in [0.4, 0.5) is 0 Å². The molecule has 1 fully saturated rings. The van der Waals surface area contributed by atoms with Gasteiger partial charge in [0.25, 0.3) is 10.0 Å². The van der Waals surface area contributed by atoms with Crippen molar-refractivity contribution in [3.05, 3.63) is 30.3 Å². The van der Waals surface area contributed by atoms with Crippen molar-refractivity contribution in [2.24, 2.45) is 4.40 Å². The maximum absolute atomic E-state index is 12.1. The molecule has 18 heavy (non-hydrogen) atoms. The molecule has 0 saturated carbocycles. The molecule has 0 aliphatic carbocycles. The monoisotopic (exact) mass is 284 g/mol. The van der Waals surface area contributed by atoms with Crippen molar-refractivity contribution in [1.29, 1.82) is 0 Å². The number of sulfonamides is 1. The second-order valence-electron chi connectivity index (χ2n) is 4.06. The van der Waals surface area contributed by atoms with Crippen LogP contribution in [0.3, 0.4) is 0 Å². The largest absolute Gasteiger partial charge is 0.351 e. The summed E-state index contributed by atoms with van der Waals surface area (Å²) < 4.78 is 28.2. The van der Waals surface area contributed by atoms with Crippen molar-refractivity contribution in [2.75, 3.05) is 19.3 Å². The normalized spacial score (nSPS) is 17.2. The van der Waals surface area contributed by atoms with Gasteiger partial charge in [-0.05, 0) is 31.2 Å². The Morgan fingerprint density at radius 1 is 1.22 bits per heavy atom. The number of rotatable bonds is 2. The third-order valence-corrected chi connectivity index (χ3v) is 4.91. The van der Waals surface area contributed by atoms with E-state index in [1.54, 1.807) is 30.3 Å². The third kappa shape index (κ3) is 3.05. The molecule has 98 valence electrons. The van der Waals surface area contributed by atoms with Crippen molar-refractivity contribution < 1.29 is 8.42 Å². The van der Waals surface area contributed by atoms with E-state index >= 15 is 0 Å². The molecule has 0 radical (unpaired) electrons. The quantitative estimate of drug-likeness (QED) is 0.617. The number of amidine groups is 1. The summed E-state index contributed by atoms with van der Waals surface area (Å²) in [6, 6.07) is 8.34. The van der Waals surface area contributed by atoms with Gasteiger partial charge < -0.3 is 4.90 Å². The van der Waals surface area contributed by atoms with Gasteiger partial charge in [0.05, 0.1) is 4.90 Å². The van der Waals surface area contributed by atoms with Crippen molar-refractivity contribution in [1.82, 2.24) is 4.90 Å². The summed E-state index contributed by atoms with van der Waals surface area (Å²) in [6.45, 7) is 1.79. The van der Waals surface area contributed by atoms with Crippen LogP contribution < -0.4 is 0 Å². The van der Waals surface area contributed by atoms with E-state index in [9.17, 15) is 8.42 Å². The van der Waals surface area contributed by atoms with Crippen LogP contribution in [0.25, 0.3) is 0 Å². The summed E-state index contributed by atoms with van der Waals surface area (Å²) >= 11 is 1.39. The van der Waals surface area contributed by atoms with E-state index in [4.69, 9.17) is 0 Å². The minimum absolute atomic E-state index is 0.246. The average molecular weight is 284 g/mol. The van der Waals surface area contributed by atoms with Crippen LogP contribution in [0, 0.1) is 0 Å². The predicted octanol–water partition coefficient (Wildman–Crippen LogP) is 2.19. The Labute approximate surface area is 112 Å². The minimum atomic E-state index is -3.58. The van der Waals surface area contributed by atoms with Gasteiger partial charge in [0.1, 0.15) is 0 Å². The Kier molecular flexibility index (Phi) is 4.29. The number of thioether (sulfide) groups is 1. The molecular weight excluding hydrogens is 268 g/mol. The molecule has 0 N–H and O–H groups in total. The smallest absolute Gasteiger partial charge is 0.284 e. The molecule has 1 heterocycles. The Hall–Kier alpha value is -1.01. The Bertz CT molecular complexity index is 520. The van der Waals surface area contributed by atoms with Gasteiger partial charge in [0.15, 0.2) is 5.17 Å². The summed E-state index contributed by atoms with van der Waals surface area (Å²) in [6.07, 6.45) is 4.06. The highest BCUT2D eigenvalue weighted by Gasteiger charge is 2.20. The Morgan fingerprint density at radius 2 is 1.83 bits per heavy atom. The number of nitrogens with zero attached hydrogens (tertiary/aromatic N) is 2. The third-order valence-electron chi connectivity index (χ3n) is 2.80. The lowest BCUT2D eigenvalue weighted by atomic mass is 10.4. The van der Waals surface area contributed by atoms with Crippen molar-refractivity contribution in [3.63, 3.8) is 0 Å². The Balaban J connectivity index is 2.29. The topological polar surface area (TPSA) is 49.7 Å². The van der Waals surface area contributed by atoms with Crippen molar-refractivity contribution in [3.8, 4) is 0 Å². The van der Waals surface area contributed by atoms with Crippen LogP contribution in [0.2, 0.25) is 0 Å². The van der Waals surface area contributed by atoms with Gasteiger partial charge in [-0.1, -0.05) is 30.0 Å². The van der Waals surface area contributed by atoms with Crippen LogP contribution in [0.5, 0.6) is 0 Å². The second-order valence-corrected chi connectivity index (χ2v) is 6.44. The van der Waals surface area contributed by atoms with Crippen LogP contribution in [-0.4, -0.2) is 37.8 Å². The van der Waals surface area contributed by atoms with Gasteiger partial charge >= 0.3 is 0 Å². The summed E-state index contributed by atoms with van der Waals surface area (Å²) in [5.74, 6) is 0. The van der Waals surface area contributed by atoms with E-state index in [1.807, 2.05) is 11.2 Å². The zero-order valence-electron chi connectivity index (χ0n) is 10.2. The van der Waals surface area contributed by atoms with Crippen molar-refractivity contribution >= 4 is 27.0 Å². The van der Waals surface area contributed by atoms with Gasteiger partial charge in [0, 0.05) is 13.1 Å². The molecule has 1 aromatic carbocycles. The van der Waals surface area contributed by atoms with Gasteiger partial charge in [0.2, 0.25) is 0 Å². The summed E-state index contributed by atoms with van der Waals surface area (Å²) in [4.78, 5) is 2.28. The molecule has 0 spiro atoms. The zero-order chi connectivity index (χ0) is 13.0. The van der Waals surface area contributed by atoms with E-state index in [0.717, 1.165) is 25.9 Å². The molecule has 0 amide bonds. The number of likely N-dealkylation sites (tertiary alicyclic amines) is 1. The van der Waals surface area contributed by atoms with Crippen LogP contribution in [0.1, 0.15) is 12.8 Å². The fraction of sp³-hybridized carbons (Fsp3) is 0.417. The summed E-state index contributed by atoms with van der Waals surface area (Å²) in [5, 5.41) is 0.594. The van der Waals surface area contributed by atoms with E-state index < -0.39 is 10.0 Å². The zero-order valence-corrected chi connectivity index (χ0v) is 11.9. The summed E-state index contributed by atoms with van der Waals surface area (Å²) in [7, 11) is -3.58. The first-order chi connectivity index (χ1) is 8.63. The number of hydrogen-bond donors (Lipinski definition) is 0. The average Bonchev–Trinajstić information content (AvgIpc) is 2.91. The van der Waals surface area contributed by atoms with Gasteiger partial charge in [-0.2, -0.15) is 8.42 Å². The van der Waals surface area contributed by atoms with E-state index in [1.165, 1.54) is 11.8 Å². The molecule has 1 saturated heterocycles. The van der Waals surface area contributed by atoms with Gasteiger partial charge in [-0.3, -0.25) is 0 Å². The second kappa shape index (κ2) is 5.75. The SMILES string of the molecule is CS/C(=N/S(=O)(=O)c1ccccc1)N1CCCC1. The maximum Gasteiger partial charge on any atom is 0.284 e. The standard InChI is InChI=1S/C12H16N2O2S2/c1-17-12(14-9-5-6-10-14)13-18(15,16)11-7-3-2-4-8-11/h2-4,7-8H,5-6,9-10H2,1H3/b13-12+. The van der Waals surface area contributed by atoms with Gasteiger partial charge in [-0.15, -0.1) is 4.40 Å². The number of benzene rings is 1.